The summed E-state index contributed by atoms with van der Waals surface area (Å²) in [6.45, 7) is 8.54. The molecule has 4 heteroatoms. The van der Waals surface area contributed by atoms with Gasteiger partial charge in [0.1, 0.15) is 6.04 Å². The summed E-state index contributed by atoms with van der Waals surface area (Å²) in [4.78, 5) is 13.0. The van der Waals surface area contributed by atoms with Gasteiger partial charge in [-0.2, -0.15) is 0 Å². The molecule has 0 saturated carbocycles. The van der Waals surface area contributed by atoms with Gasteiger partial charge in [-0.3, -0.25) is 9.69 Å². The number of carboxylic acid groups (broad SMARTS) is 1. The van der Waals surface area contributed by atoms with E-state index in [4.69, 9.17) is 10.8 Å². The molecule has 1 aliphatic heterocycles. The summed E-state index contributed by atoms with van der Waals surface area (Å²) in [5.41, 5.74) is 5.74. The van der Waals surface area contributed by atoms with Crippen molar-refractivity contribution in [3.8, 4) is 0 Å². The highest BCUT2D eigenvalue weighted by atomic mass is 16.4. The van der Waals surface area contributed by atoms with Gasteiger partial charge < -0.3 is 10.8 Å². The molecule has 0 aromatic carbocycles. The van der Waals surface area contributed by atoms with Crippen molar-refractivity contribution >= 4 is 5.97 Å². The van der Waals surface area contributed by atoms with Gasteiger partial charge in [-0.15, -0.1) is 0 Å². The lowest BCUT2D eigenvalue weighted by Crippen LogP contribution is -2.45. The second kappa shape index (κ2) is 4.49. The smallest absolute Gasteiger partial charge is 0.322 e. The molecule has 2 atom stereocenters. The van der Waals surface area contributed by atoms with E-state index in [1.54, 1.807) is 0 Å². The van der Waals surface area contributed by atoms with E-state index in [2.05, 4.69) is 20.8 Å². The number of aliphatic carboxylic acids is 1. The van der Waals surface area contributed by atoms with Gasteiger partial charge in [0, 0.05) is 13.1 Å². The fraction of sp³-hybridized carbons (Fsp3) is 0.909. The normalized spacial score (nSPS) is 25.5. The van der Waals surface area contributed by atoms with Gasteiger partial charge in [-0.05, 0) is 24.3 Å². The van der Waals surface area contributed by atoms with Crippen molar-refractivity contribution in [2.45, 2.75) is 33.2 Å². The Bertz CT molecular complexity index is 235. The van der Waals surface area contributed by atoms with Gasteiger partial charge >= 0.3 is 5.97 Å². The van der Waals surface area contributed by atoms with Gasteiger partial charge in [0.25, 0.3) is 0 Å². The van der Waals surface area contributed by atoms with Gasteiger partial charge in [-0.25, -0.2) is 0 Å². The number of carboxylic acids is 1. The number of carbonyl (C=O) groups is 1. The molecular formula is C11H22N2O2. The largest absolute Gasteiger partial charge is 0.480 e. The number of rotatable bonds is 3. The predicted molar refractivity (Wildman–Crippen MR) is 59.6 cm³/mol. The lowest BCUT2D eigenvalue weighted by molar-refractivity contribution is -0.142. The average molecular weight is 214 g/mol. The molecule has 0 bridgehead atoms. The predicted octanol–water partition coefficient (Wildman–Crippen LogP) is 0.766. The number of hydrogen-bond acceptors (Lipinski definition) is 3. The first-order chi connectivity index (χ1) is 6.86. The third kappa shape index (κ3) is 2.92. The number of likely N-dealkylation sites (tertiary alicyclic amines) is 1. The molecule has 2 unspecified atom stereocenters. The van der Waals surface area contributed by atoms with Crippen LogP contribution in [-0.2, 0) is 4.79 Å². The Morgan fingerprint density at radius 2 is 2.20 bits per heavy atom. The minimum atomic E-state index is -0.799. The number of nitrogens with two attached hydrogens (primary N) is 1. The van der Waals surface area contributed by atoms with Crippen LogP contribution in [0.25, 0.3) is 0 Å². The van der Waals surface area contributed by atoms with Crippen molar-refractivity contribution in [1.82, 2.24) is 4.90 Å². The molecule has 0 aromatic heterocycles. The SMILES string of the molecule is CC(C)(C)C1CCN(C(CN)C(=O)O)C1. The van der Waals surface area contributed by atoms with Crippen LogP contribution in [0.15, 0.2) is 0 Å². The molecule has 0 aliphatic carbocycles. The molecule has 0 aromatic rings. The Labute approximate surface area is 91.4 Å². The van der Waals surface area contributed by atoms with Crippen molar-refractivity contribution in [3.63, 3.8) is 0 Å². The van der Waals surface area contributed by atoms with Crippen molar-refractivity contribution in [3.05, 3.63) is 0 Å². The van der Waals surface area contributed by atoms with Crippen LogP contribution in [0.5, 0.6) is 0 Å². The van der Waals surface area contributed by atoms with E-state index in [1.807, 2.05) is 4.90 Å². The quantitative estimate of drug-likeness (QED) is 0.728. The summed E-state index contributed by atoms with van der Waals surface area (Å²) in [7, 11) is 0. The highest BCUT2D eigenvalue weighted by Gasteiger charge is 2.36. The molecular weight excluding hydrogens is 192 g/mol. The van der Waals surface area contributed by atoms with E-state index in [-0.39, 0.29) is 12.0 Å². The van der Waals surface area contributed by atoms with Crippen LogP contribution in [-0.4, -0.2) is 41.7 Å². The van der Waals surface area contributed by atoms with Crippen LogP contribution >= 0.6 is 0 Å². The maximum Gasteiger partial charge on any atom is 0.322 e. The maximum absolute atomic E-state index is 11.0. The summed E-state index contributed by atoms with van der Waals surface area (Å²) in [6.07, 6.45) is 1.08. The molecule has 1 rings (SSSR count). The Kier molecular flexibility index (Phi) is 3.73. The molecule has 0 amide bonds. The Morgan fingerprint density at radius 1 is 1.60 bits per heavy atom. The summed E-state index contributed by atoms with van der Waals surface area (Å²) in [5.74, 6) is -0.224. The van der Waals surface area contributed by atoms with E-state index in [1.165, 1.54) is 0 Å². The lowest BCUT2D eigenvalue weighted by Gasteiger charge is -2.28. The maximum atomic E-state index is 11.0. The third-order valence-corrected chi connectivity index (χ3v) is 3.39. The summed E-state index contributed by atoms with van der Waals surface area (Å²) in [5, 5.41) is 9.00. The number of hydrogen-bond donors (Lipinski definition) is 2. The topological polar surface area (TPSA) is 66.6 Å². The van der Waals surface area contributed by atoms with Gasteiger partial charge in [0.15, 0.2) is 0 Å². The fourth-order valence-electron chi connectivity index (χ4n) is 2.18. The first-order valence-corrected chi connectivity index (χ1v) is 5.53. The lowest BCUT2D eigenvalue weighted by atomic mass is 9.80. The molecule has 4 nitrogen and oxygen atoms in total. The first kappa shape index (κ1) is 12.5. The van der Waals surface area contributed by atoms with Crippen molar-refractivity contribution in [2.24, 2.45) is 17.1 Å². The van der Waals surface area contributed by atoms with Crippen LogP contribution in [0.2, 0.25) is 0 Å². The molecule has 0 spiro atoms. The average Bonchev–Trinajstić information content (AvgIpc) is 2.52. The zero-order valence-corrected chi connectivity index (χ0v) is 9.86. The van der Waals surface area contributed by atoms with Crippen molar-refractivity contribution in [1.29, 1.82) is 0 Å². The second-order valence-electron chi connectivity index (χ2n) is 5.44. The zero-order chi connectivity index (χ0) is 11.6. The standard InChI is InChI=1S/C11H22N2O2/c1-11(2,3)8-4-5-13(7-8)9(6-12)10(14)15/h8-9H,4-7,12H2,1-3H3,(H,14,15). The van der Waals surface area contributed by atoms with E-state index in [0.717, 1.165) is 19.5 Å². The molecule has 1 heterocycles. The monoisotopic (exact) mass is 214 g/mol. The van der Waals surface area contributed by atoms with Crippen LogP contribution in [0.3, 0.4) is 0 Å². The van der Waals surface area contributed by atoms with Gasteiger partial charge in [0.2, 0.25) is 0 Å². The molecule has 1 aliphatic rings. The van der Waals surface area contributed by atoms with E-state index < -0.39 is 12.0 Å². The van der Waals surface area contributed by atoms with Crippen molar-refractivity contribution in [2.75, 3.05) is 19.6 Å². The summed E-state index contributed by atoms with van der Waals surface area (Å²) >= 11 is 0. The molecule has 15 heavy (non-hydrogen) atoms. The van der Waals surface area contributed by atoms with E-state index in [0.29, 0.717) is 5.92 Å². The molecule has 88 valence electrons. The third-order valence-electron chi connectivity index (χ3n) is 3.39. The summed E-state index contributed by atoms with van der Waals surface area (Å²) in [6, 6.07) is -0.502. The van der Waals surface area contributed by atoms with Crippen LogP contribution in [0.1, 0.15) is 27.2 Å². The highest BCUT2D eigenvalue weighted by Crippen LogP contribution is 2.34. The first-order valence-electron chi connectivity index (χ1n) is 5.53. The zero-order valence-electron chi connectivity index (χ0n) is 9.86. The minimum Gasteiger partial charge on any atom is -0.480 e. The van der Waals surface area contributed by atoms with Crippen LogP contribution in [0, 0.1) is 11.3 Å². The number of nitrogens with zero attached hydrogens (tertiary/aromatic N) is 1. The van der Waals surface area contributed by atoms with Crippen LogP contribution in [0.4, 0.5) is 0 Å². The minimum absolute atomic E-state index is 0.201. The van der Waals surface area contributed by atoms with Crippen LogP contribution < -0.4 is 5.73 Å². The van der Waals surface area contributed by atoms with E-state index >= 15 is 0 Å². The molecule has 1 fully saturated rings. The Morgan fingerprint density at radius 3 is 2.53 bits per heavy atom. The van der Waals surface area contributed by atoms with Gasteiger partial charge in [-0.1, -0.05) is 20.8 Å². The Balaban J connectivity index is 2.59. The molecule has 1 saturated heterocycles. The van der Waals surface area contributed by atoms with Gasteiger partial charge in [0.05, 0.1) is 0 Å². The molecule has 0 radical (unpaired) electrons. The van der Waals surface area contributed by atoms with E-state index in [9.17, 15) is 4.79 Å². The summed E-state index contributed by atoms with van der Waals surface area (Å²) < 4.78 is 0. The second-order valence-corrected chi connectivity index (χ2v) is 5.44. The van der Waals surface area contributed by atoms with Crippen molar-refractivity contribution < 1.29 is 9.90 Å². The highest BCUT2D eigenvalue weighted by molar-refractivity contribution is 5.73. The Hall–Kier alpha value is -0.610. The molecule has 3 N–H and O–H groups in total. The fourth-order valence-corrected chi connectivity index (χ4v) is 2.18.